The lowest BCUT2D eigenvalue weighted by Gasteiger charge is -2.08. The summed E-state index contributed by atoms with van der Waals surface area (Å²) in [5.41, 5.74) is 6.39. The van der Waals surface area contributed by atoms with Crippen LogP contribution in [-0.4, -0.2) is 11.9 Å². The largest absolute Gasteiger partial charge is 0.328 e. The van der Waals surface area contributed by atoms with E-state index in [0.717, 1.165) is 0 Å². The van der Waals surface area contributed by atoms with Crippen molar-refractivity contribution < 1.29 is 4.79 Å². The summed E-state index contributed by atoms with van der Waals surface area (Å²) in [6.45, 7) is 1.84. The van der Waals surface area contributed by atoms with Gasteiger partial charge >= 0.3 is 0 Å². The molecule has 0 fully saturated rings. The topological polar surface area (TPSA) is 78.9 Å². The van der Waals surface area contributed by atoms with E-state index in [1.807, 2.05) is 13.0 Å². The van der Waals surface area contributed by atoms with Crippen molar-refractivity contribution in [3.05, 3.63) is 28.8 Å². The van der Waals surface area contributed by atoms with Crippen LogP contribution in [-0.2, 0) is 4.79 Å². The van der Waals surface area contributed by atoms with Gasteiger partial charge in [-0.1, -0.05) is 11.6 Å². The van der Waals surface area contributed by atoms with Crippen molar-refractivity contribution in [2.24, 2.45) is 5.73 Å². The highest BCUT2D eigenvalue weighted by Gasteiger charge is 2.08. The average molecular weight is 252 g/mol. The Morgan fingerprint density at radius 2 is 2.35 bits per heavy atom. The fourth-order valence-corrected chi connectivity index (χ4v) is 1.46. The molecule has 1 rings (SSSR count). The van der Waals surface area contributed by atoms with E-state index in [4.69, 9.17) is 22.6 Å². The first-order valence-electron chi connectivity index (χ1n) is 5.28. The van der Waals surface area contributed by atoms with E-state index >= 15 is 0 Å². The van der Waals surface area contributed by atoms with Gasteiger partial charge in [-0.05, 0) is 31.5 Å². The summed E-state index contributed by atoms with van der Waals surface area (Å²) in [7, 11) is 0. The first kappa shape index (κ1) is 13.5. The zero-order valence-corrected chi connectivity index (χ0v) is 10.3. The van der Waals surface area contributed by atoms with Crippen molar-refractivity contribution in [1.29, 1.82) is 5.26 Å². The quantitative estimate of drug-likeness (QED) is 0.862. The number of rotatable bonds is 4. The smallest absolute Gasteiger partial charge is 0.224 e. The van der Waals surface area contributed by atoms with Gasteiger partial charge in [0, 0.05) is 17.5 Å². The first-order chi connectivity index (χ1) is 8.02. The van der Waals surface area contributed by atoms with Gasteiger partial charge in [-0.15, -0.1) is 0 Å². The Labute approximate surface area is 105 Å². The molecule has 1 unspecified atom stereocenters. The van der Waals surface area contributed by atoms with Crippen LogP contribution in [0.1, 0.15) is 25.3 Å². The molecule has 0 bridgehead atoms. The van der Waals surface area contributed by atoms with Crippen LogP contribution < -0.4 is 11.1 Å². The van der Waals surface area contributed by atoms with Crippen LogP contribution in [0.3, 0.4) is 0 Å². The molecular formula is C12H14ClN3O. The van der Waals surface area contributed by atoms with Crippen molar-refractivity contribution in [3.63, 3.8) is 0 Å². The Morgan fingerprint density at radius 3 is 2.94 bits per heavy atom. The zero-order chi connectivity index (χ0) is 12.8. The Balaban J connectivity index is 2.71. The van der Waals surface area contributed by atoms with Gasteiger partial charge in [-0.25, -0.2) is 0 Å². The van der Waals surface area contributed by atoms with Gasteiger partial charge in [0.05, 0.1) is 11.3 Å². The number of carbonyl (C=O) groups excluding carboxylic acids is 1. The third-order valence-electron chi connectivity index (χ3n) is 2.20. The Kier molecular flexibility index (Phi) is 4.95. The molecule has 0 radical (unpaired) electrons. The molecule has 5 heteroatoms. The van der Waals surface area contributed by atoms with Crippen LogP contribution in [0.25, 0.3) is 0 Å². The predicted molar refractivity (Wildman–Crippen MR) is 67.7 cm³/mol. The first-order valence-corrected chi connectivity index (χ1v) is 5.66. The van der Waals surface area contributed by atoms with Gasteiger partial charge in [0.15, 0.2) is 0 Å². The fraction of sp³-hybridized carbons (Fsp3) is 0.333. The standard InChI is InChI=1S/C12H14ClN3O/c1-8(15)2-5-12(17)16-11-6-10(13)4-3-9(11)7-14/h3-4,6,8H,2,5,15H2,1H3,(H,16,17). The van der Waals surface area contributed by atoms with E-state index in [0.29, 0.717) is 29.1 Å². The number of nitrogens with two attached hydrogens (primary N) is 1. The van der Waals surface area contributed by atoms with Crippen LogP contribution in [0.15, 0.2) is 18.2 Å². The fourth-order valence-electron chi connectivity index (χ4n) is 1.29. The van der Waals surface area contributed by atoms with Crippen molar-refractivity contribution in [2.75, 3.05) is 5.32 Å². The molecule has 1 aromatic rings. The summed E-state index contributed by atoms with van der Waals surface area (Å²) in [5, 5.41) is 12.0. The van der Waals surface area contributed by atoms with Crippen LogP contribution in [0.2, 0.25) is 5.02 Å². The van der Waals surface area contributed by atoms with E-state index in [1.165, 1.54) is 0 Å². The zero-order valence-electron chi connectivity index (χ0n) is 9.53. The van der Waals surface area contributed by atoms with E-state index in [9.17, 15) is 4.79 Å². The molecule has 0 heterocycles. The summed E-state index contributed by atoms with van der Waals surface area (Å²) in [6, 6.07) is 6.72. The van der Waals surface area contributed by atoms with Crippen LogP contribution in [0.5, 0.6) is 0 Å². The second-order valence-electron chi connectivity index (χ2n) is 3.87. The number of hydrogen-bond donors (Lipinski definition) is 2. The molecule has 0 aliphatic rings. The summed E-state index contributed by atoms with van der Waals surface area (Å²) >= 11 is 5.80. The number of halogens is 1. The van der Waals surface area contributed by atoms with Crippen LogP contribution >= 0.6 is 11.6 Å². The predicted octanol–water partition coefficient (Wildman–Crippen LogP) is 2.28. The number of benzene rings is 1. The lowest BCUT2D eigenvalue weighted by atomic mass is 10.1. The lowest BCUT2D eigenvalue weighted by Crippen LogP contribution is -2.19. The van der Waals surface area contributed by atoms with Gasteiger partial charge < -0.3 is 11.1 Å². The number of nitrogens with one attached hydrogen (secondary N) is 1. The number of hydrogen-bond acceptors (Lipinski definition) is 3. The highest BCUT2D eigenvalue weighted by Crippen LogP contribution is 2.20. The Bertz CT molecular complexity index is 452. The molecule has 0 aromatic heterocycles. The number of nitriles is 1. The van der Waals surface area contributed by atoms with Crippen LogP contribution in [0, 0.1) is 11.3 Å². The minimum Gasteiger partial charge on any atom is -0.328 e. The molecule has 0 aliphatic heterocycles. The van der Waals surface area contributed by atoms with Gasteiger partial charge in [0.25, 0.3) is 0 Å². The molecule has 1 aromatic carbocycles. The van der Waals surface area contributed by atoms with E-state index in [1.54, 1.807) is 18.2 Å². The number of nitrogens with zero attached hydrogens (tertiary/aromatic N) is 1. The van der Waals surface area contributed by atoms with Crippen molar-refractivity contribution in [1.82, 2.24) is 0 Å². The second-order valence-corrected chi connectivity index (χ2v) is 4.30. The molecule has 17 heavy (non-hydrogen) atoms. The summed E-state index contributed by atoms with van der Waals surface area (Å²) in [4.78, 5) is 11.6. The van der Waals surface area contributed by atoms with Gasteiger partial charge in [-0.2, -0.15) is 5.26 Å². The average Bonchev–Trinajstić information content (AvgIpc) is 2.27. The summed E-state index contributed by atoms with van der Waals surface area (Å²) in [6.07, 6.45) is 0.934. The highest BCUT2D eigenvalue weighted by atomic mass is 35.5. The molecule has 4 nitrogen and oxygen atoms in total. The normalized spacial score (nSPS) is 11.6. The molecule has 90 valence electrons. The Hall–Kier alpha value is -1.57. The van der Waals surface area contributed by atoms with E-state index in [-0.39, 0.29) is 11.9 Å². The maximum Gasteiger partial charge on any atom is 0.224 e. The second kappa shape index (κ2) is 6.24. The van der Waals surface area contributed by atoms with Crippen LogP contribution in [0.4, 0.5) is 5.69 Å². The maximum atomic E-state index is 11.6. The molecule has 1 atom stereocenters. The minimum atomic E-state index is -0.166. The lowest BCUT2D eigenvalue weighted by molar-refractivity contribution is -0.116. The SMILES string of the molecule is CC(N)CCC(=O)Nc1cc(Cl)ccc1C#N. The van der Waals surface area contributed by atoms with Crippen molar-refractivity contribution >= 4 is 23.2 Å². The molecule has 0 saturated carbocycles. The molecule has 0 saturated heterocycles. The highest BCUT2D eigenvalue weighted by molar-refractivity contribution is 6.31. The number of anilines is 1. The van der Waals surface area contributed by atoms with Gasteiger partial charge in [0.1, 0.15) is 6.07 Å². The van der Waals surface area contributed by atoms with Gasteiger partial charge in [-0.3, -0.25) is 4.79 Å². The molecule has 3 N–H and O–H groups in total. The molecule has 0 spiro atoms. The van der Waals surface area contributed by atoms with Gasteiger partial charge in [0.2, 0.25) is 5.91 Å². The number of carbonyl (C=O) groups is 1. The summed E-state index contributed by atoms with van der Waals surface area (Å²) < 4.78 is 0. The maximum absolute atomic E-state index is 11.6. The monoisotopic (exact) mass is 251 g/mol. The third-order valence-corrected chi connectivity index (χ3v) is 2.44. The molecule has 1 amide bonds. The molecular weight excluding hydrogens is 238 g/mol. The Morgan fingerprint density at radius 1 is 1.65 bits per heavy atom. The van der Waals surface area contributed by atoms with E-state index < -0.39 is 0 Å². The van der Waals surface area contributed by atoms with Crippen molar-refractivity contribution in [3.8, 4) is 6.07 Å². The minimum absolute atomic E-state index is 0.0180. The van der Waals surface area contributed by atoms with E-state index in [2.05, 4.69) is 5.32 Å². The summed E-state index contributed by atoms with van der Waals surface area (Å²) in [5.74, 6) is -0.166. The van der Waals surface area contributed by atoms with Crippen molar-refractivity contribution in [2.45, 2.75) is 25.8 Å². The molecule has 0 aliphatic carbocycles. The number of amides is 1. The third kappa shape index (κ3) is 4.43.